The third-order valence-corrected chi connectivity index (χ3v) is 5.51. The van der Waals surface area contributed by atoms with Crippen LogP contribution in [0.4, 0.5) is 10.5 Å². The summed E-state index contributed by atoms with van der Waals surface area (Å²) in [6, 6.07) is 13.4. The molecule has 0 saturated carbocycles. The molecule has 1 saturated heterocycles. The maximum absolute atomic E-state index is 13.1. The van der Waals surface area contributed by atoms with Crippen LogP contribution in [0.3, 0.4) is 0 Å². The van der Waals surface area contributed by atoms with Crippen LogP contribution in [0, 0.1) is 0 Å². The molecule has 0 bridgehead atoms. The Bertz CT molecular complexity index is 1090. The van der Waals surface area contributed by atoms with E-state index in [0.29, 0.717) is 35.8 Å². The topological polar surface area (TPSA) is 96.7 Å². The third kappa shape index (κ3) is 4.97. The lowest BCUT2D eigenvalue weighted by Gasteiger charge is -2.26. The van der Waals surface area contributed by atoms with Crippen LogP contribution in [0.15, 0.2) is 60.9 Å². The number of aryl methyl sites for hydroxylation is 1. The van der Waals surface area contributed by atoms with Crippen molar-refractivity contribution in [2.45, 2.75) is 25.5 Å². The number of aromatic hydroxyl groups is 1. The summed E-state index contributed by atoms with van der Waals surface area (Å²) < 4.78 is 7.38. The van der Waals surface area contributed by atoms with Gasteiger partial charge in [0.15, 0.2) is 5.82 Å². The van der Waals surface area contributed by atoms with Crippen LogP contribution in [-0.2, 0) is 18.3 Å². The minimum Gasteiger partial charge on any atom is -0.508 e. The molecule has 32 heavy (non-hydrogen) atoms. The number of amides is 2. The zero-order chi connectivity index (χ0) is 22.5. The van der Waals surface area contributed by atoms with E-state index in [1.165, 1.54) is 0 Å². The summed E-state index contributed by atoms with van der Waals surface area (Å²) in [5.41, 5.74) is 1.72. The van der Waals surface area contributed by atoms with Crippen LogP contribution in [-0.4, -0.2) is 50.6 Å². The molecular formula is C24H26N4O4. The highest BCUT2D eigenvalue weighted by Crippen LogP contribution is 2.21. The smallest absolute Gasteiger partial charge is 0.322 e. The van der Waals surface area contributed by atoms with Gasteiger partial charge in [0.05, 0.1) is 12.6 Å². The summed E-state index contributed by atoms with van der Waals surface area (Å²) in [5.74, 6) is 0.317. The highest BCUT2D eigenvalue weighted by atomic mass is 16.5. The van der Waals surface area contributed by atoms with Crippen molar-refractivity contribution in [3.8, 4) is 5.75 Å². The molecule has 2 N–H and O–H groups in total. The summed E-state index contributed by atoms with van der Waals surface area (Å²) in [6.07, 6.45) is 5.14. The molecule has 0 unspecified atom stereocenters. The highest BCUT2D eigenvalue weighted by molar-refractivity contribution is 6.07. The number of benzene rings is 2. The van der Waals surface area contributed by atoms with Crippen molar-refractivity contribution in [1.82, 2.24) is 14.5 Å². The van der Waals surface area contributed by atoms with E-state index in [2.05, 4.69) is 10.3 Å². The second kappa shape index (κ2) is 9.65. The number of anilines is 1. The van der Waals surface area contributed by atoms with Crippen LogP contribution in [0.5, 0.6) is 5.75 Å². The summed E-state index contributed by atoms with van der Waals surface area (Å²) >= 11 is 0. The van der Waals surface area contributed by atoms with Crippen LogP contribution in [0.2, 0.25) is 0 Å². The van der Waals surface area contributed by atoms with E-state index >= 15 is 0 Å². The lowest BCUT2D eigenvalue weighted by molar-refractivity contribution is 0.0817. The number of hydrogen-bond donors (Lipinski definition) is 2. The molecule has 4 rings (SSSR count). The number of urea groups is 1. The molecule has 0 radical (unpaired) electrons. The van der Waals surface area contributed by atoms with E-state index in [9.17, 15) is 14.7 Å². The second-order valence-electron chi connectivity index (χ2n) is 7.84. The van der Waals surface area contributed by atoms with Crippen molar-refractivity contribution < 1.29 is 19.4 Å². The largest absolute Gasteiger partial charge is 0.508 e. The monoisotopic (exact) mass is 434 g/mol. The number of phenols is 1. The summed E-state index contributed by atoms with van der Waals surface area (Å²) in [6.45, 7) is 1.38. The molecule has 1 fully saturated rings. The first kappa shape index (κ1) is 21.6. The molecule has 1 atom stereocenters. The third-order valence-electron chi connectivity index (χ3n) is 5.51. The summed E-state index contributed by atoms with van der Waals surface area (Å²) in [7, 11) is 1.77. The maximum Gasteiger partial charge on any atom is 0.322 e. The number of nitrogens with zero attached hydrogens (tertiary/aromatic N) is 3. The lowest BCUT2D eigenvalue weighted by atomic mass is 10.1. The minimum absolute atomic E-state index is 0.0237. The fourth-order valence-corrected chi connectivity index (χ4v) is 3.72. The molecule has 0 aliphatic carbocycles. The van der Waals surface area contributed by atoms with Crippen molar-refractivity contribution in [3.63, 3.8) is 0 Å². The van der Waals surface area contributed by atoms with Crippen molar-refractivity contribution in [3.05, 3.63) is 77.9 Å². The standard InChI is InChI=1S/C24H26N4O4/c1-27-13-12-25-23(27)22(30)17-8-10-19(11-9-17)26-24(31)28(16-20-6-4-14-32-20)15-18-5-2-3-7-21(18)29/h2-3,5,7-13,20,29H,4,6,14-16H2,1H3,(H,26,31)/t20-/m0/s1. The number of ether oxygens (including phenoxy) is 1. The Morgan fingerprint density at radius 1 is 1.22 bits per heavy atom. The number of carbonyl (C=O) groups excluding carboxylic acids is 2. The Kier molecular flexibility index (Phi) is 6.51. The number of phenolic OH excluding ortho intramolecular Hbond substituents is 1. The van der Waals surface area contributed by atoms with Gasteiger partial charge in [0, 0.05) is 49.4 Å². The van der Waals surface area contributed by atoms with Crippen molar-refractivity contribution in [2.75, 3.05) is 18.5 Å². The van der Waals surface area contributed by atoms with E-state index in [0.717, 1.165) is 12.8 Å². The molecular weight excluding hydrogens is 408 g/mol. The summed E-state index contributed by atoms with van der Waals surface area (Å²) in [5, 5.41) is 13.0. The van der Waals surface area contributed by atoms with Crippen molar-refractivity contribution in [2.24, 2.45) is 7.05 Å². The Morgan fingerprint density at radius 2 is 2.00 bits per heavy atom. The van der Waals surface area contributed by atoms with E-state index in [1.807, 2.05) is 6.07 Å². The first-order chi connectivity index (χ1) is 15.5. The number of imidazole rings is 1. The molecule has 8 heteroatoms. The molecule has 1 aromatic heterocycles. The van der Waals surface area contributed by atoms with Gasteiger partial charge in [-0.25, -0.2) is 9.78 Å². The van der Waals surface area contributed by atoms with Gasteiger partial charge in [-0.1, -0.05) is 18.2 Å². The predicted octanol–water partition coefficient (Wildman–Crippen LogP) is 3.57. The number of ketones is 1. The molecule has 2 aromatic carbocycles. The zero-order valence-electron chi connectivity index (χ0n) is 17.9. The SMILES string of the molecule is Cn1ccnc1C(=O)c1ccc(NC(=O)N(Cc2ccccc2O)C[C@@H]2CCCO2)cc1. The Labute approximate surface area is 186 Å². The summed E-state index contributed by atoms with van der Waals surface area (Å²) in [4.78, 5) is 31.4. The van der Waals surface area contributed by atoms with Gasteiger partial charge in [0.25, 0.3) is 0 Å². The minimum atomic E-state index is -0.299. The van der Waals surface area contributed by atoms with Crippen LogP contribution >= 0.6 is 0 Å². The number of nitrogens with one attached hydrogen (secondary N) is 1. The molecule has 1 aliphatic heterocycles. The van der Waals surface area contributed by atoms with Crippen molar-refractivity contribution in [1.29, 1.82) is 0 Å². The van der Waals surface area contributed by atoms with Crippen LogP contribution < -0.4 is 5.32 Å². The van der Waals surface area contributed by atoms with Crippen molar-refractivity contribution >= 4 is 17.5 Å². The quantitative estimate of drug-likeness (QED) is 0.554. The average molecular weight is 434 g/mol. The van der Waals surface area contributed by atoms with E-state index in [1.54, 1.807) is 71.4 Å². The van der Waals surface area contributed by atoms with Gasteiger partial charge in [0.1, 0.15) is 5.75 Å². The van der Waals surface area contributed by atoms with Crippen LogP contribution in [0.25, 0.3) is 0 Å². The van der Waals surface area contributed by atoms with Gasteiger partial charge in [-0.3, -0.25) is 4.79 Å². The van der Waals surface area contributed by atoms with E-state index in [4.69, 9.17) is 4.74 Å². The second-order valence-corrected chi connectivity index (χ2v) is 7.84. The lowest BCUT2D eigenvalue weighted by Crippen LogP contribution is -2.39. The molecule has 3 aromatic rings. The Balaban J connectivity index is 1.46. The Hall–Kier alpha value is -3.65. The van der Waals surface area contributed by atoms with Gasteiger partial charge in [-0.15, -0.1) is 0 Å². The number of rotatable bonds is 7. The molecule has 2 heterocycles. The van der Waals surface area contributed by atoms with Gasteiger partial charge in [0.2, 0.25) is 5.78 Å². The predicted molar refractivity (Wildman–Crippen MR) is 120 cm³/mol. The van der Waals surface area contributed by atoms with E-state index < -0.39 is 0 Å². The zero-order valence-corrected chi connectivity index (χ0v) is 17.9. The van der Waals surface area contributed by atoms with E-state index in [-0.39, 0.29) is 30.2 Å². The maximum atomic E-state index is 13.1. The fourth-order valence-electron chi connectivity index (χ4n) is 3.72. The molecule has 166 valence electrons. The molecule has 1 aliphatic rings. The van der Waals surface area contributed by atoms with Gasteiger partial charge >= 0.3 is 6.03 Å². The molecule has 8 nitrogen and oxygen atoms in total. The van der Waals surface area contributed by atoms with Gasteiger partial charge in [-0.05, 0) is 43.2 Å². The highest BCUT2D eigenvalue weighted by Gasteiger charge is 2.24. The number of para-hydroxylation sites is 1. The molecule has 2 amide bonds. The first-order valence-corrected chi connectivity index (χ1v) is 10.6. The number of aromatic nitrogens is 2. The number of hydrogen-bond acceptors (Lipinski definition) is 5. The fraction of sp³-hybridized carbons (Fsp3) is 0.292. The van der Waals surface area contributed by atoms with Gasteiger partial charge in [-0.2, -0.15) is 0 Å². The Morgan fingerprint density at radius 3 is 2.66 bits per heavy atom. The van der Waals surface area contributed by atoms with Gasteiger partial charge < -0.3 is 24.6 Å². The van der Waals surface area contributed by atoms with Crippen LogP contribution in [0.1, 0.15) is 34.6 Å². The number of carbonyl (C=O) groups is 2. The average Bonchev–Trinajstić information content (AvgIpc) is 3.46. The first-order valence-electron chi connectivity index (χ1n) is 10.6. The molecule has 0 spiro atoms. The normalized spacial score (nSPS) is 15.5.